The molecule has 2 heterocycles. The second kappa shape index (κ2) is 5.38. The topological polar surface area (TPSA) is 96.8 Å². The highest BCUT2D eigenvalue weighted by Gasteiger charge is 3.02. The summed E-state index contributed by atoms with van der Waals surface area (Å²) in [5, 5.41) is 19.6. The van der Waals surface area contributed by atoms with Gasteiger partial charge in [-0.15, -0.1) is 0 Å². The first-order chi connectivity index (χ1) is 13.5. The van der Waals surface area contributed by atoms with Gasteiger partial charge in [0.15, 0.2) is 10.8 Å². The smallest absolute Gasteiger partial charge is 0.278 e. The zero-order valence-corrected chi connectivity index (χ0v) is 16.2. The molecule has 2 fully saturated rings. The second-order valence-electron chi connectivity index (χ2n) is 7.64. The van der Waals surface area contributed by atoms with E-state index in [1.807, 2.05) is 49.4 Å². The Morgan fingerprint density at radius 2 is 1.71 bits per heavy atom. The van der Waals surface area contributed by atoms with Gasteiger partial charge in [-0.25, -0.2) is 4.99 Å². The minimum Gasteiger partial charge on any atom is -0.327 e. The Bertz CT molecular complexity index is 1080. The van der Waals surface area contributed by atoms with Crippen LogP contribution >= 0.6 is 11.8 Å². The van der Waals surface area contributed by atoms with Crippen molar-refractivity contribution >= 4 is 17.6 Å². The molecule has 1 saturated carbocycles. The molecule has 2 aromatic carbocycles. The molecule has 0 bridgehead atoms. The van der Waals surface area contributed by atoms with E-state index < -0.39 is 21.3 Å². The number of amidine groups is 1. The molecule has 1 spiro atoms. The predicted molar refractivity (Wildman–Crippen MR) is 107 cm³/mol. The van der Waals surface area contributed by atoms with E-state index >= 15 is 0 Å². The van der Waals surface area contributed by atoms with Crippen LogP contribution in [0, 0.1) is 33.5 Å². The number of thioether (sulfide) groups is 1. The van der Waals surface area contributed by atoms with Crippen molar-refractivity contribution in [2.75, 3.05) is 12.4 Å². The first-order valence-electron chi connectivity index (χ1n) is 9.20. The molecule has 0 radical (unpaired) electrons. The monoisotopic (exact) mass is 387 g/mol. The number of hydrogen-bond donors (Lipinski definition) is 2. The highest BCUT2D eigenvalue weighted by Crippen LogP contribution is 2.83. The fourth-order valence-electron chi connectivity index (χ4n) is 5.42. The van der Waals surface area contributed by atoms with Crippen molar-refractivity contribution in [1.29, 1.82) is 10.5 Å². The molecule has 3 N–H and O–H groups in total. The van der Waals surface area contributed by atoms with Gasteiger partial charge >= 0.3 is 0 Å². The number of hydrogen-bond acceptors (Lipinski definition) is 5. The molecule has 0 amide bonds. The Morgan fingerprint density at radius 1 is 1.04 bits per heavy atom. The summed E-state index contributed by atoms with van der Waals surface area (Å²) in [6.07, 6.45) is 0. The molecule has 6 heteroatoms. The summed E-state index contributed by atoms with van der Waals surface area (Å²) in [6.45, 7) is 2.49. The maximum Gasteiger partial charge on any atom is 0.278 e. The molecule has 138 valence electrons. The SMILES string of the molecule is C[C@]1(c2ccc(-c3ccccc3)cc2)[C@]2(C#N)C(N)=[NH+][C@@]3(OCCS3)[C@@]21C#N. The first kappa shape index (κ1) is 17.3. The summed E-state index contributed by atoms with van der Waals surface area (Å²) in [7, 11) is 0. The van der Waals surface area contributed by atoms with Gasteiger partial charge in [0.25, 0.3) is 10.9 Å². The predicted octanol–water partition coefficient (Wildman–Crippen LogP) is 1.51. The van der Waals surface area contributed by atoms with Gasteiger partial charge < -0.3 is 4.74 Å². The van der Waals surface area contributed by atoms with Crippen molar-refractivity contribution in [3.63, 3.8) is 0 Å². The summed E-state index contributed by atoms with van der Waals surface area (Å²) < 4.78 is 6.03. The summed E-state index contributed by atoms with van der Waals surface area (Å²) in [5.41, 5.74) is 6.53. The van der Waals surface area contributed by atoms with E-state index in [4.69, 9.17) is 10.5 Å². The molecule has 4 atom stereocenters. The van der Waals surface area contributed by atoms with Crippen molar-refractivity contribution in [3.8, 4) is 23.3 Å². The van der Waals surface area contributed by atoms with Crippen LogP contribution in [0.4, 0.5) is 0 Å². The van der Waals surface area contributed by atoms with Crippen LogP contribution in [0.1, 0.15) is 12.5 Å². The number of benzene rings is 2. The van der Waals surface area contributed by atoms with Gasteiger partial charge in [0.1, 0.15) is 0 Å². The van der Waals surface area contributed by atoms with Gasteiger partial charge in [-0.3, -0.25) is 5.73 Å². The number of nitrogens with one attached hydrogen (secondary N) is 1. The Hall–Kier alpha value is -2.80. The molecule has 0 aromatic heterocycles. The Kier molecular flexibility index (Phi) is 3.33. The quantitative estimate of drug-likeness (QED) is 0.814. The molecule has 2 aliphatic heterocycles. The van der Waals surface area contributed by atoms with Crippen molar-refractivity contribution in [2.45, 2.75) is 17.4 Å². The van der Waals surface area contributed by atoms with Gasteiger partial charge in [0, 0.05) is 5.75 Å². The van der Waals surface area contributed by atoms with Crippen LogP contribution in [0.3, 0.4) is 0 Å². The lowest BCUT2D eigenvalue weighted by Gasteiger charge is -2.27. The minimum atomic E-state index is -1.12. The number of ether oxygens (including phenoxy) is 1. The van der Waals surface area contributed by atoms with E-state index in [0.717, 1.165) is 22.4 Å². The lowest BCUT2D eigenvalue weighted by Crippen LogP contribution is -2.88. The number of nitriles is 2. The van der Waals surface area contributed by atoms with Gasteiger partial charge in [0.05, 0.1) is 24.2 Å². The fourth-order valence-corrected chi connectivity index (χ4v) is 6.84. The van der Waals surface area contributed by atoms with E-state index in [-0.39, 0.29) is 0 Å². The van der Waals surface area contributed by atoms with Gasteiger partial charge in [-0.2, -0.15) is 10.5 Å². The van der Waals surface area contributed by atoms with Crippen molar-refractivity contribution in [3.05, 3.63) is 60.2 Å². The van der Waals surface area contributed by atoms with Gasteiger partial charge in [-0.1, -0.05) is 73.3 Å². The van der Waals surface area contributed by atoms with Crippen LogP contribution in [0.15, 0.2) is 54.6 Å². The van der Waals surface area contributed by atoms with E-state index in [1.165, 1.54) is 11.8 Å². The molecule has 5 rings (SSSR count). The highest BCUT2D eigenvalue weighted by atomic mass is 32.2. The van der Waals surface area contributed by atoms with E-state index in [1.54, 1.807) is 0 Å². The number of nitrogens with zero attached hydrogens (tertiary/aromatic N) is 2. The normalized spacial score (nSPS) is 37.8. The van der Waals surface area contributed by atoms with Crippen molar-refractivity contribution < 1.29 is 9.73 Å². The van der Waals surface area contributed by atoms with Crippen LogP contribution in [0.25, 0.3) is 11.1 Å². The molecule has 2 aromatic rings. The summed E-state index contributed by atoms with van der Waals surface area (Å²) in [6, 6.07) is 23.1. The Labute approximate surface area is 167 Å². The zero-order valence-electron chi connectivity index (χ0n) is 15.4. The zero-order chi connectivity index (χ0) is 19.6. The van der Waals surface area contributed by atoms with Crippen LogP contribution < -0.4 is 10.7 Å². The van der Waals surface area contributed by atoms with E-state index in [2.05, 4.69) is 29.3 Å². The molecule has 0 unspecified atom stereocenters. The summed E-state index contributed by atoms with van der Waals surface area (Å²) in [4.78, 5) is 3.16. The average molecular weight is 387 g/mol. The largest absolute Gasteiger partial charge is 0.327 e. The molecular formula is C22H19N4OS+. The number of nitrogens with two attached hydrogens (primary N) is 1. The van der Waals surface area contributed by atoms with Crippen LogP contribution in [0.5, 0.6) is 0 Å². The maximum absolute atomic E-state index is 10.3. The Balaban J connectivity index is 1.65. The first-order valence-corrected chi connectivity index (χ1v) is 10.2. The number of fused-ring (bicyclic) bond motifs is 2. The molecule has 1 saturated heterocycles. The molecule has 5 nitrogen and oxygen atoms in total. The summed E-state index contributed by atoms with van der Waals surface area (Å²) >= 11 is 1.53. The van der Waals surface area contributed by atoms with Gasteiger partial charge in [-0.05, 0) is 16.7 Å². The summed E-state index contributed by atoms with van der Waals surface area (Å²) in [5.74, 6) is 1.09. The van der Waals surface area contributed by atoms with Gasteiger partial charge in [0.2, 0.25) is 0 Å². The second-order valence-corrected chi connectivity index (χ2v) is 8.92. The third-order valence-electron chi connectivity index (χ3n) is 6.80. The number of rotatable bonds is 2. The average Bonchev–Trinajstić information content (AvgIpc) is 3.00. The van der Waals surface area contributed by atoms with E-state index in [0.29, 0.717) is 12.4 Å². The van der Waals surface area contributed by atoms with Crippen LogP contribution in [-0.4, -0.2) is 23.3 Å². The van der Waals surface area contributed by atoms with Crippen LogP contribution in [-0.2, 0) is 10.2 Å². The lowest BCUT2D eigenvalue weighted by molar-refractivity contribution is -0.584. The third-order valence-corrected chi connectivity index (χ3v) is 8.10. The standard InChI is InChI=1S/C22H18N4OS/c1-19(17-9-7-16(8-10-17)15-5-3-2-4-6-15)20(13-23)18(25)26-22(21(19,20)14-24)27-11-12-28-22/h2-10H,11-12H2,1H3,(H2,25,26)/p+1/t19-,20-,21+,22+/m0/s1. The molecule has 28 heavy (non-hydrogen) atoms. The van der Waals surface area contributed by atoms with Crippen molar-refractivity contribution in [2.24, 2.45) is 16.6 Å². The fraction of sp³-hybridized carbons (Fsp3) is 0.318. The maximum atomic E-state index is 10.3. The molecule has 1 aliphatic carbocycles. The van der Waals surface area contributed by atoms with E-state index in [9.17, 15) is 10.5 Å². The molecular weight excluding hydrogens is 368 g/mol. The molecule has 3 aliphatic rings. The highest BCUT2D eigenvalue weighted by molar-refractivity contribution is 8.00. The third kappa shape index (κ3) is 1.58. The lowest BCUT2D eigenvalue weighted by atomic mass is 9.84. The van der Waals surface area contributed by atoms with Crippen molar-refractivity contribution in [1.82, 2.24) is 0 Å². The Morgan fingerprint density at radius 3 is 2.29 bits per heavy atom. The van der Waals surface area contributed by atoms with Crippen LogP contribution in [0.2, 0.25) is 0 Å². The minimum absolute atomic E-state index is 0.334.